The lowest BCUT2D eigenvalue weighted by atomic mass is 10.1. The molecule has 0 bridgehead atoms. The molecule has 1 aliphatic rings. The van der Waals surface area contributed by atoms with Crippen LogP contribution in [-0.4, -0.2) is 46.5 Å². The summed E-state index contributed by atoms with van der Waals surface area (Å²) in [6, 6.07) is 12.5. The van der Waals surface area contributed by atoms with Gasteiger partial charge in [-0.05, 0) is 60.4 Å². The molecule has 0 saturated heterocycles. The highest BCUT2D eigenvalue weighted by Gasteiger charge is 2.29. The van der Waals surface area contributed by atoms with Crippen molar-refractivity contribution in [2.45, 2.75) is 38.9 Å². The van der Waals surface area contributed by atoms with E-state index in [9.17, 15) is 19.5 Å². The number of fused-ring (bicyclic) bond motifs is 1. The van der Waals surface area contributed by atoms with Crippen LogP contribution in [0.2, 0.25) is 0 Å². The van der Waals surface area contributed by atoms with E-state index in [1.54, 1.807) is 41.3 Å². The second-order valence-electron chi connectivity index (χ2n) is 8.84. The number of carbonyl (C=O) groups excluding carboxylic acids is 3. The largest absolute Gasteiger partial charge is 0.508 e. The van der Waals surface area contributed by atoms with Gasteiger partial charge in [0.25, 0.3) is 11.8 Å². The zero-order valence-electron chi connectivity index (χ0n) is 20.4. The third-order valence-corrected chi connectivity index (χ3v) is 7.54. The number of amides is 3. The lowest BCUT2D eigenvalue weighted by Crippen LogP contribution is -2.49. The van der Waals surface area contributed by atoms with Gasteiger partial charge in [0.15, 0.2) is 0 Å². The number of phenols is 1. The van der Waals surface area contributed by atoms with Gasteiger partial charge in [0.2, 0.25) is 5.91 Å². The molecule has 192 valence electrons. The Labute approximate surface area is 218 Å². The normalized spacial score (nSPS) is 13.4. The van der Waals surface area contributed by atoms with Crippen molar-refractivity contribution >= 4 is 41.0 Å². The van der Waals surface area contributed by atoms with Gasteiger partial charge in [0, 0.05) is 47.5 Å². The van der Waals surface area contributed by atoms with Crippen LogP contribution in [0.25, 0.3) is 0 Å². The first-order valence-electron chi connectivity index (χ1n) is 12.0. The van der Waals surface area contributed by atoms with Gasteiger partial charge in [-0.1, -0.05) is 19.1 Å². The quantitative estimate of drug-likeness (QED) is 0.229. The van der Waals surface area contributed by atoms with Gasteiger partial charge in [-0.15, -0.1) is 11.3 Å². The van der Waals surface area contributed by atoms with E-state index >= 15 is 0 Å². The van der Waals surface area contributed by atoms with Crippen LogP contribution >= 0.6 is 11.3 Å². The summed E-state index contributed by atoms with van der Waals surface area (Å²) in [6.45, 7) is 3.07. The van der Waals surface area contributed by atoms with E-state index in [1.807, 2.05) is 13.0 Å². The van der Waals surface area contributed by atoms with Gasteiger partial charge in [-0.3, -0.25) is 14.4 Å². The van der Waals surface area contributed by atoms with Crippen molar-refractivity contribution in [3.63, 3.8) is 0 Å². The molecule has 1 aromatic heterocycles. The minimum absolute atomic E-state index is 0.172. The smallest absolute Gasteiger partial charge is 0.261 e. The van der Waals surface area contributed by atoms with Gasteiger partial charge in [-0.2, -0.15) is 0 Å². The highest BCUT2D eigenvalue weighted by molar-refractivity contribution is 7.14. The Morgan fingerprint density at radius 3 is 2.62 bits per heavy atom. The lowest BCUT2D eigenvalue weighted by Gasteiger charge is -2.30. The fourth-order valence-electron chi connectivity index (χ4n) is 4.16. The molecule has 2 aromatic carbocycles. The van der Waals surface area contributed by atoms with Crippen molar-refractivity contribution < 1.29 is 19.5 Å². The Balaban J connectivity index is 1.38. The summed E-state index contributed by atoms with van der Waals surface area (Å²) in [5.74, 6) is -0.582. The molecule has 1 aliphatic heterocycles. The second kappa shape index (κ2) is 11.3. The number of aromatic hydroxyl groups is 1. The second-order valence-corrected chi connectivity index (χ2v) is 9.98. The van der Waals surface area contributed by atoms with Crippen LogP contribution in [0.3, 0.4) is 0 Å². The number of carbonyl (C=O) groups is 3. The van der Waals surface area contributed by atoms with Gasteiger partial charge < -0.3 is 31.8 Å². The number of hydrogen-bond acceptors (Lipinski definition) is 7. The number of nitrogen functional groups attached to an aromatic ring is 1. The number of thiophene rings is 1. The monoisotopic (exact) mass is 519 g/mol. The minimum Gasteiger partial charge on any atom is -0.508 e. The maximum Gasteiger partial charge on any atom is 0.261 e. The van der Waals surface area contributed by atoms with Gasteiger partial charge in [-0.25, -0.2) is 0 Å². The third kappa shape index (κ3) is 5.97. The fourth-order valence-corrected chi connectivity index (χ4v) is 5.24. The molecule has 37 heavy (non-hydrogen) atoms. The number of nitrogens with two attached hydrogens (primary N) is 1. The Hall–Kier alpha value is -4.18. The fraction of sp³-hybridized carbons (Fsp3) is 0.259. The molecule has 0 aliphatic carbocycles. The average molecular weight is 520 g/mol. The van der Waals surface area contributed by atoms with Crippen LogP contribution in [0.4, 0.5) is 5.69 Å². The number of rotatable bonds is 8. The Morgan fingerprint density at radius 2 is 1.92 bits per heavy atom. The van der Waals surface area contributed by atoms with Crippen molar-refractivity contribution in [2.24, 2.45) is 0 Å². The highest BCUT2D eigenvalue weighted by atomic mass is 32.1. The number of anilines is 1. The molecule has 0 unspecified atom stereocenters. The van der Waals surface area contributed by atoms with E-state index < -0.39 is 11.9 Å². The van der Waals surface area contributed by atoms with Crippen molar-refractivity contribution in [3.8, 4) is 5.75 Å². The van der Waals surface area contributed by atoms with E-state index in [1.165, 1.54) is 17.4 Å². The Morgan fingerprint density at radius 1 is 1.16 bits per heavy atom. The van der Waals surface area contributed by atoms with Crippen LogP contribution in [0.15, 0.2) is 48.5 Å². The molecule has 3 amide bonds. The number of phenolic OH excluding ortho intramolecular Hbond substituents is 1. The van der Waals surface area contributed by atoms with Gasteiger partial charge in [0.05, 0.1) is 4.88 Å². The lowest BCUT2D eigenvalue weighted by molar-refractivity contribution is -0.134. The van der Waals surface area contributed by atoms with Crippen molar-refractivity contribution in [1.82, 2.24) is 15.5 Å². The molecule has 1 atom stereocenters. The molecule has 2 heterocycles. The van der Waals surface area contributed by atoms with Gasteiger partial charge >= 0.3 is 0 Å². The highest BCUT2D eigenvalue weighted by Crippen LogP contribution is 2.29. The van der Waals surface area contributed by atoms with Crippen LogP contribution in [0.1, 0.15) is 54.9 Å². The maximum absolute atomic E-state index is 13.3. The first-order chi connectivity index (χ1) is 17.8. The number of benzene rings is 2. The predicted octanol–water partition coefficient (Wildman–Crippen LogP) is 3.06. The molecule has 0 radical (unpaired) electrons. The van der Waals surface area contributed by atoms with Crippen molar-refractivity contribution in [1.29, 1.82) is 5.41 Å². The Kier molecular flexibility index (Phi) is 7.88. The summed E-state index contributed by atoms with van der Waals surface area (Å²) < 4.78 is 0. The van der Waals surface area contributed by atoms with Crippen LogP contribution in [0.5, 0.6) is 5.75 Å². The van der Waals surface area contributed by atoms with Crippen LogP contribution < -0.4 is 16.4 Å². The number of nitrogens with one attached hydrogen (secondary N) is 3. The molecule has 0 fully saturated rings. The van der Waals surface area contributed by atoms with Crippen LogP contribution in [-0.2, 0) is 24.3 Å². The van der Waals surface area contributed by atoms with E-state index in [2.05, 4.69) is 10.6 Å². The molecule has 4 rings (SSSR count). The number of nitrogens with zero attached hydrogens (tertiary/aromatic N) is 1. The average Bonchev–Trinajstić information content (AvgIpc) is 3.34. The minimum atomic E-state index is -0.693. The molecule has 10 heteroatoms. The molecule has 3 aromatic rings. The van der Waals surface area contributed by atoms with Crippen LogP contribution in [0, 0.1) is 5.41 Å². The van der Waals surface area contributed by atoms with E-state index in [0.717, 1.165) is 22.2 Å². The molecular weight excluding hydrogens is 490 g/mol. The first-order valence-corrected chi connectivity index (χ1v) is 12.8. The summed E-state index contributed by atoms with van der Waals surface area (Å²) >= 11 is 1.43. The third-order valence-electron chi connectivity index (χ3n) is 6.31. The molecule has 9 nitrogen and oxygen atoms in total. The zero-order valence-corrected chi connectivity index (χ0v) is 21.2. The molecule has 6 N–H and O–H groups in total. The van der Waals surface area contributed by atoms with Crippen molar-refractivity contribution in [2.75, 3.05) is 12.3 Å². The summed E-state index contributed by atoms with van der Waals surface area (Å²) in [5.41, 5.74) is 8.80. The van der Waals surface area contributed by atoms with E-state index in [0.29, 0.717) is 54.2 Å². The summed E-state index contributed by atoms with van der Waals surface area (Å²) in [5, 5.41) is 22.5. The molecule has 0 spiro atoms. The molecule has 0 saturated carbocycles. The van der Waals surface area contributed by atoms with E-state index in [-0.39, 0.29) is 17.6 Å². The standard InChI is InChI=1S/C27H29N5O4S/c1-2-22(31-25(34)17-5-8-21(29)18(11-17)13-28)27(36)32-10-9-23-19(15-32)12-24(37-23)26(35)30-14-16-3-6-20(33)7-4-16/h3-8,11-13,22,28,33H,2,9-10,14-15,29H2,1H3,(H,30,35)(H,31,34)/t22-/m1/s1. The van der Waals surface area contributed by atoms with Crippen molar-refractivity contribution in [3.05, 3.63) is 80.5 Å². The molecular formula is C27H29N5O4S. The summed E-state index contributed by atoms with van der Waals surface area (Å²) in [4.78, 5) is 42.1. The topological polar surface area (TPSA) is 149 Å². The summed E-state index contributed by atoms with van der Waals surface area (Å²) in [6.07, 6.45) is 2.15. The summed E-state index contributed by atoms with van der Waals surface area (Å²) in [7, 11) is 0. The Bertz CT molecular complexity index is 1340. The zero-order chi connectivity index (χ0) is 26.5. The maximum atomic E-state index is 13.3. The van der Waals surface area contributed by atoms with Gasteiger partial charge in [0.1, 0.15) is 11.8 Å². The SMILES string of the molecule is CC[C@@H](NC(=O)c1ccc(N)c(C=N)c1)C(=O)N1CCc2sc(C(=O)NCc3ccc(O)cc3)cc2C1. The predicted molar refractivity (Wildman–Crippen MR) is 143 cm³/mol. The first kappa shape index (κ1) is 25.9. The van der Waals surface area contributed by atoms with E-state index in [4.69, 9.17) is 11.1 Å². The number of hydrogen-bond donors (Lipinski definition) is 5.